The Morgan fingerprint density at radius 2 is 1.93 bits per heavy atom. The molecule has 2 aliphatic heterocycles. The Morgan fingerprint density at radius 3 is 2.45 bits per heavy atom. The summed E-state index contributed by atoms with van der Waals surface area (Å²) in [7, 11) is -7.88. The van der Waals surface area contributed by atoms with Crippen LogP contribution in [0.2, 0.25) is 0 Å². The zero-order chi connectivity index (χ0) is 29.1. The van der Waals surface area contributed by atoms with E-state index in [1.54, 1.807) is 19.9 Å². The summed E-state index contributed by atoms with van der Waals surface area (Å²) in [4.78, 5) is 3.91. The largest absolute Gasteiger partial charge is 0.445 e. The Hall–Kier alpha value is -2.51. The second-order valence-electron chi connectivity index (χ2n) is 9.78. The van der Waals surface area contributed by atoms with Gasteiger partial charge in [0.1, 0.15) is 12.2 Å². The number of rotatable bonds is 8. The first-order chi connectivity index (χ1) is 18.7. The highest BCUT2D eigenvalue weighted by Gasteiger charge is 2.43. The summed E-state index contributed by atoms with van der Waals surface area (Å²) in [6, 6.07) is 1.36. The molecule has 5 heterocycles. The normalized spacial score (nSPS) is 18.7. The van der Waals surface area contributed by atoms with Gasteiger partial charge >= 0.3 is 6.18 Å². The molecule has 0 bridgehead atoms. The second kappa shape index (κ2) is 10.1. The van der Waals surface area contributed by atoms with Gasteiger partial charge in [-0.25, -0.2) is 26.2 Å². The first-order valence-electron chi connectivity index (χ1n) is 12.0. The van der Waals surface area contributed by atoms with Crippen molar-refractivity contribution in [1.29, 1.82) is 0 Å². The third kappa shape index (κ3) is 5.16. The van der Waals surface area contributed by atoms with Gasteiger partial charge in [0.25, 0.3) is 0 Å². The third-order valence-electron chi connectivity index (χ3n) is 6.62. The molecule has 218 valence electrons. The SMILES string of the molecule is CC(C)S(=O)(=O)N1CC=C(c2cc(S(=O)(=O)NC3(CF)COC3)cn3c(-c4nnc(C(F)(F)F)s4)ncc23)CC1. The lowest BCUT2D eigenvalue weighted by Gasteiger charge is -2.39. The zero-order valence-electron chi connectivity index (χ0n) is 21.1. The summed E-state index contributed by atoms with van der Waals surface area (Å²) in [5.41, 5.74) is -0.0779. The molecule has 3 aromatic rings. The molecule has 5 rings (SSSR count). The van der Waals surface area contributed by atoms with Crippen molar-refractivity contribution in [2.75, 3.05) is 33.0 Å². The number of sulfonamides is 2. The molecular formula is C22H24F4N6O5S3. The molecule has 1 fully saturated rings. The van der Waals surface area contributed by atoms with Crippen LogP contribution in [0.5, 0.6) is 0 Å². The molecule has 0 aromatic carbocycles. The van der Waals surface area contributed by atoms with Crippen molar-refractivity contribution in [3.63, 3.8) is 0 Å². The molecule has 0 spiro atoms. The minimum atomic E-state index is -4.73. The maximum absolute atomic E-state index is 13.7. The topological polar surface area (TPSA) is 136 Å². The Bertz CT molecular complexity index is 1690. The van der Waals surface area contributed by atoms with Crippen molar-refractivity contribution in [3.8, 4) is 10.8 Å². The van der Waals surface area contributed by atoms with Gasteiger partial charge in [0.2, 0.25) is 25.1 Å². The van der Waals surface area contributed by atoms with Crippen LogP contribution in [0.3, 0.4) is 0 Å². The molecule has 0 atom stereocenters. The predicted octanol–water partition coefficient (Wildman–Crippen LogP) is 2.72. The van der Waals surface area contributed by atoms with Crippen LogP contribution in [0, 0.1) is 0 Å². The number of nitrogens with one attached hydrogen (secondary N) is 1. The van der Waals surface area contributed by atoms with Gasteiger partial charge in [0.15, 0.2) is 10.8 Å². The van der Waals surface area contributed by atoms with Gasteiger partial charge < -0.3 is 4.74 Å². The molecule has 0 radical (unpaired) electrons. The van der Waals surface area contributed by atoms with E-state index in [1.165, 1.54) is 27.2 Å². The number of fused-ring (bicyclic) bond motifs is 1. The molecule has 0 aliphatic carbocycles. The van der Waals surface area contributed by atoms with Crippen molar-refractivity contribution < 1.29 is 39.1 Å². The van der Waals surface area contributed by atoms with Crippen LogP contribution in [-0.2, 0) is 31.0 Å². The van der Waals surface area contributed by atoms with E-state index in [-0.39, 0.29) is 59.8 Å². The van der Waals surface area contributed by atoms with E-state index >= 15 is 0 Å². The van der Waals surface area contributed by atoms with Gasteiger partial charge in [0.05, 0.1) is 35.1 Å². The molecule has 2 aliphatic rings. The Labute approximate surface area is 231 Å². The molecule has 18 heteroatoms. The van der Waals surface area contributed by atoms with E-state index in [9.17, 15) is 34.4 Å². The summed E-state index contributed by atoms with van der Waals surface area (Å²) < 4.78 is 115. The highest BCUT2D eigenvalue weighted by molar-refractivity contribution is 7.89. The van der Waals surface area contributed by atoms with Gasteiger partial charge in [-0.15, -0.1) is 10.2 Å². The molecule has 0 saturated carbocycles. The van der Waals surface area contributed by atoms with Gasteiger partial charge in [-0.1, -0.05) is 17.4 Å². The predicted molar refractivity (Wildman–Crippen MR) is 137 cm³/mol. The van der Waals surface area contributed by atoms with E-state index in [2.05, 4.69) is 19.9 Å². The van der Waals surface area contributed by atoms with Crippen molar-refractivity contribution >= 4 is 42.5 Å². The number of imidazole rings is 1. The first-order valence-corrected chi connectivity index (χ1v) is 15.8. The maximum Gasteiger partial charge on any atom is 0.445 e. The Kier molecular flexibility index (Phi) is 7.32. The average molecular weight is 625 g/mol. The van der Waals surface area contributed by atoms with E-state index in [0.717, 1.165) is 0 Å². The minimum absolute atomic E-state index is 0.0475. The van der Waals surface area contributed by atoms with Crippen LogP contribution >= 0.6 is 11.3 Å². The number of hydrogen-bond donors (Lipinski definition) is 1. The summed E-state index contributed by atoms with van der Waals surface area (Å²) in [6.45, 7) is 2.00. The molecule has 3 aromatic heterocycles. The fourth-order valence-electron chi connectivity index (χ4n) is 4.34. The monoisotopic (exact) mass is 624 g/mol. The molecule has 0 amide bonds. The second-order valence-corrected chi connectivity index (χ2v) is 14.9. The smallest absolute Gasteiger partial charge is 0.377 e. The molecular weight excluding hydrogens is 600 g/mol. The molecule has 11 nitrogen and oxygen atoms in total. The van der Waals surface area contributed by atoms with Crippen molar-refractivity contribution in [2.45, 2.75) is 42.1 Å². The van der Waals surface area contributed by atoms with Gasteiger partial charge in [-0.2, -0.15) is 22.2 Å². The molecule has 0 unspecified atom stereocenters. The van der Waals surface area contributed by atoms with Gasteiger partial charge in [0, 0.05) is 24.8 Å². The lowest BCUT2D eigenvalue weighted by Crippen LogP contribution is -2.63. The average Bonchev–Trinajstić information content (AvgIpc) is 3.53. The summed E-state index contributed by atoms with van der Waals surface area (Å²) >= 11 is 0.250. The molecule has 40 heavy (non-hydrogen) atoms. The minimum Gasteiger partial charge on any atom is -0.377 e. The summed E-state index contributed by atoms with van der Waals surface area (Å²) in [5.74, 6) is -0.0751. The zero-order valence-corrected chi connectivity index (χ0v) is 23.6. The third-order valence-corrected chi connectivity index (χ3v) is 11.4. The van der Waals surface area contributed by atoms with Crippen molar-refractivity contribution in [3.05, 3.63) is 35.1 Å². The number of pyridine rings is 1. The van der Waals surface area contributed by atoms with E-state index in [0.29, 0.717) is 16.7 Å². The van der Waals surface area contributed by atoms with Crippen LogP contribution in [0.4, 0.5) is 17.6 Å². The van der Waals surface area contributed by atoms with E-state index in [1.807, 2.05) is 0 Å². The van der Waals surface area contributed by atoms with Crippen LogP contribution in [0.25, 0.3) is 21.9 Å². The Balaban J connectivity index is 1.63. The first kappa shape index (κ1) is 29.0. The summed E-state index contributed by atoms with van der Waals surface area (Å²) in [6.07, 6.45) is -0.303. The number of nitrogens with zero attached hydrogens (tertiary/aromatic N) is 5. The highest BCUT2D eigenvalue weighted by atomic mass is 32.2. The van der Waals surface area contributed by atoms with Gasteiger partial charge in [-0.05, 0) is 31.9 Å². The van der Waals surface area contributed by atoms with Crippen molar-refractivity contribution in [2.24, 2.45) is 0 Å². The van der Waals surface area contributed by atoms with Crippen LogP contribution in [-0.4, -0.2) is 84.5 Å². The number of aromatic nitrogens is 4. The van der Waals surface area contributed by atoms with Crippen LogP contribution in [0.1, 0.15) is 30.8 Å². The molecule has 1 saturated heterocycles. The lowest BCUT2D eigenvalue weighted by atomic mass is 10.0. The summed E-state index contributed by atoms with van der Waals surface area (Å²) in [5, 5.41) is 4.78. The van der Waals surface area contributed by atoms with E-state index < -0.39 is 48.7 Å². The standard InChI is InChI=1S/C22H24F4N6O5S3/c1-13(2)40(35,36)31-5-3-14(4-6-31)16-7-15(39(33,34)30-21(10-23)11-37-12-21)9-32-17(16)8-27-18(32)19-28-29-20(38-19)22(24,25)26/h3,7-9,13,30H,4-6,10-12H2,1-2H3. The van der Waals surface area contributed by atoms with Crippen LogP contribution in [0.15, 0.2) is 29.4 Å². The fourth-order valence-corrected chi connectivity index (χ4v) is 7.65. The highest BCUT2D eigenvalue weighted by Crippen LogP contribution is 2.37. The Morgan fingerprint density at radius 1 is 1.20 bits per heavy atom. The fraction of sp³-hybridized carbons (Fsp3) is 0.500. The van der Waals surface area contributed by atoms with E-state index in [4.69, 9.17) is 4.74 Å². The molecule has 1 N–H and O–H groups in total. The van der Waals surface area contributed by atoms with Gasteiger partial charge in [-0.3, -0.25) is 4.40 Å². The number of alkyl halides is 4. The quantitative estimate of drug-likeness (QED) is 0.378. The number of hydrogen-bond acceptors (Lipinski definition) is 9. The maximum atomic E-state index is 13.7. The van der Waals surface area contributed by atoms with Crippen molar-refractivity contribution in [1.82, 2.24) is 28.6 Å². The van der Waals surface area contributed by atoms with Crippen LogP contribution < -0.4 is 4.72 Å². The number of halogens is 4. The number of ether oxygens (including phenoxy) is 1. The lowest BCUT2D eigenvalue weighted by molar-refractivity contribution is -0.138.